The van der Waals surface area contributed by atoms with Gasteiger partial charge in [0, 0.05) is 0 Å². The second-order valence-corrected chi connectivity index (χ2v) is 4.32. The van der Waals surface area contributed by atoms with E-state index in [-0.39, 0.29) is 0 Å². The molecule has 0 N–H and O–H groups in total. The van der Waals surface area contributed by atoms with Crippen molar-refractivity contribution >= 4 is 0 Å². The van der Waals surface area contributed by atoms with Crippen LogP contribution in [0.4, 0.5) is 0 Å². The van der Waals surface area contributed by atoms with Gasteiger partial charge in [0.25, 0.3) is 0 Å². The molecule has 0 saturated heterocycles. The van der Waals surface area contributed by atoms with Crippen molar-refractivity contribution in [3.8, 4) is 0 Å². The molecular weight excluding hydrogens is 199 g/mol. The van der Waals surface area contributed by atoms with Crippen LogP contribution in [0.2, 0.25) is 0 Å². The van der Waals surface area contributed by atoms with Crippen molar-refractivity contribution in [2.75, 3.05) is 0 Å². The van der Waals surface area contributed by atoms with Crippen LogP contribution in [0.15, 0.2) is 21.5 Å². The summed E-state index contributed by atoms with van der Waals surface area (Å²) in [6, 6.07) is 0. The van der Waals surface area contributed by atoms with Crippen molar-refractivity contribution in [1.29, 1.82) is 0 Å². The first-order valence-corrected chi connectivity index (χ1v) is 5.20. The van der Waals surface area contributed by atoms with Gasteiger partial charge in [-0.05, 0) is 0 Å². The fraction of sp³-hybridized carbons (Fsp3) is 0.556. The van der Waals surface area contributed by atoms with Crippen LogP contribution in [0.3, 0.4) is 0 Å². The number of rotatable bonds is 0. The zero-order chi connectivity index (χ0) is 7.23. The van der Waals surface area contributed by atoms with Crippen LogP contribution in [-0.4, -0.2) is 0 Å². The third-order valence-electron chi connectivity index (χ3n) is 1.77. The maximum atomic E-state index is 2.18. The minimum atomic E-state index is 1.21. The molecule has 0 nitrogen and oxygen atoms in total. The Labute approximate surface area is 78.2 Å². The van der Waals surface area contributed by atoms with Gasteiger partial charge in [-0.3, -0.25) is 0 Å². The van der Waals surface area contributed by atoms with Gasteiger partial charge >= 0.3 is 52.6 Å². The molecule has 0 aromatic rings. The molecule has 2 rings (SSSR count). The molecule has 10 heavy (non-hydrogen) atoms. The zero-order valence-corrected chi connectivity index (χ0v) is 8.73. The predicted octanol–water partition coefficient (Wildman–Crippen LogP) is 2.94. The molecule has 0 aliphatic heterocycles. The van der Waals surface area contributed by atoms with Crippen LogP contribution in [0.25, 0.3) is 0 Å². The molecule has 1 heteroatoms. The van der Waals surface area contributed by atoms with Crippen molar-refractivity contribution in [2.24, 2.45) is 0 Å². The third-order valence-corrected chi connectivity index (χ3v) is 2.68. The second-order valence-electron chi connectivity index (χ2n) is 2.74. The van der Waals surface area contributed by atoms with E-state index in [1.165, 1.54) is 32.1 Å². The van der Waals surface area contributed by atoms with E-state index in [2.05, 4.69) is 18.2 Å². The van der Waals surface area contributed by atoms with E-state index >= 15 is 0 Å². The maximum absolute atomic E-state index is 2.18. The van der Waals surface area contributed by atoms with Gasteiger partial charge in [0.1, 0.15) is 0 Å². The van der Waals surface area contributed by atoms with E-state index in [0.29, 0.717) is 0 Å². The first kappa shape index (κ1) is 8.46. The molecule has 1 saturated carbocycles. The predicted molar refractivity (Wildman–Crippen MR) is 40.3 cm³/mol. The Kier molecular flexibility index (Phi) is 4.29. The summed E-state index contributed by atoms with van der Waals surface area (Å²) in [4.78, 5) is 0. The van der Waals surface area contributed by atoms with Gasteiger partial charge in [-0.15, -0.1) is 0 Å². The summed E-state index contributed by atoms with van der Waals surface area (Å²) in [6.45, 7) is 0. The van der Waals surface area contributed by atoms with Crippen LogP contribution < -0.4 is 0 Å². The topological polar surface area (TPSA) is 0 Å². The Balaban J connectivity index is 0.000000108. The van der Waals surface area contributed by atoms with Crippen LogP contribution in [0.1, 0.15) is 32.1 Å². The van der Waals surface area contributed by atoms with Gasteiger partial charge in [-0.25, -0.2) is 0 Å². The summed E-state index contributed by atoms with van der Waals surface area (Å²) in [5.41, 5.74) is 0. The van der Waals surface area contributed by atoms with Crippen molar-refractivity contribution in [1.82, 2.24) is 0 Å². The summed E-state index contributed by atoms with van der Waals surface area (Å²) in [7, 11) is 0. The molecule has 0 aromatic carbocycles. The molecule has 0 amide bonds. The van der Waals surface area contributed by atoms with Crippen LogP contribution in [0, 0.1) is 0 Å². The second kappa shape index (κ2) is 5.07. The van der Waals surface area contributed by atoms with Crippen LogP contribution in [-0.2, 0) is 24.7 Å². The first-order chi connectivity index (χ1) is 4.89. The molecule has 0 heterocycles. The van der Waals surface area contributed by atoms with Gasteiger partial charge < -0.3 is 0 Å². The average molecular weight is 212 g/mol. The quantitative estimate of drug-likeness (QED) is 0.579. The van der Waals surface area contributed by atoms with E-state index < -0.39 is 0 Å². The summed E-state index contributed by atoms with van der Waals surface area (Å²) in [5, 5.41) is 0. The molecule has 0 atom stereocenters. The number of hydrogen-bond donors (Lipinski definition) is 0. The molecule has 2 aliphatic rings. The first-order valence-electron chi connectivity index (χ1n) is 3.97. The van der Waals surface area contributed by atoms with Gasteiger partial charge in [-0.1, -0.05) is 25.7 Å². The zero-order valence-electron chi connectivity index (χ0n) is 6.27. The third kappa shape index (κ3) is 3.51. The Morgan fingerprint density at radius 3 is 1.80 bits per heavy atom. The van der Waals surface area contributed by atoms with E-state index in [0.717, 1.165) is 0 Å². The summed E-state index contributed by atoms with van der Waals surface area (Å²) in [5.74, 6) is 0. The van der Waals surface area contributed by atoms with Gasteiger partial charge in [0.05, 0.1) is 0 Å². The van der Waals surface area contributed by atoms with Gasteiger partial charge in [0.15, 0.2) is 0 Å². The minimum absolute atomic E-state index is 1.21. The normalized spacial score (nSPS) is 20.5. The molecule has 1 fully saturated rings. The van der Waals surface area contributed by atoms with Crippen molar-refractivity contribution in [3.63, 3.8) is 0 Å². The van der Waals surface area contributed by atoms with Gasteiger partial charge in [0.2, 0.25) is 0 Å². The fourth-order valence-corrected chi connectivity index (χ4v) is 1.22. The Morgan fingerprint density at radius 2 is 1.70 bits per heavy atom. The van der Waals surface area contributed by atoms with Crippen molar-refractivity contribution < 1.29 is 24.7 Å². The molecule has 0 spiro atoms. The number of allylic oxidation sites excluding steroid dienone is 4. The van der Waals surface area contributed by atoms with Gasteiger partial charge in [-0.2, -0.15) is 0 Å². The van der Waals surface area contributed by atoms with Crippen LogP contribution in [0.5, 0.6) is 0 Å². The monoisotopic (exact) mass is 211 g/mol. The number of hydrogen-bond acceptors (Lipinski definition) is 0. The average Bonchev–Trinajstić information content (AvgIpc) is 2.12. The summed E-state index contributed by atoms with van der Waals surface area (Å²) in [6.07, 6.45) is 13.7. The van der Waals surface area contributed by atoms with E-state index in [4.69, 9.17) is 0 Å². The molecule has 0 aromatic heterocycles. The Hall–Kier alpha value is 0.363. The SMILES string of the molecule is C1CCC1.[Zr][C]1=CC=CC1. The molecule has 0 radical (unpaired) electrons. The fourth-order valence-electron chi connectivity index (χ4n) is 0.697. The van der Waals surface area contributed by atoms with E-state index in [1.54, 1.807) is 28.0 Å². The molecule has 2 aliphatic carbocycles. The standard InChI is InChI=1S/C5H5.C4H8.Zr/c1-2-4-5-3-1;1-2-4-3-1;/h1-3H,4H2;1-4H2;. The summed E-state index contributed by atoms with van der Waals surface area (Å²) >= 11 is 1.56. The molecule has 0 unspecified atom stereocenters. The van der Waals surface area contributed by atoms with Crippen LogP contribution >= 0.6 is 0 Å². The Bertz CT molecular complexity index is 137. The molecule has 0 bridgehead atoms. The van der Waals surface area contributed by atoms with E-state index in [9.17, 15) is 0 Å². The van der Waals surface area contributed by atoms with E-state index in [1.807, 2.05) is 0 Å². The Morgan fingerprint density at radius 1 is 1.10 bits per heavy atom. The molecule has 53 valence electrons. The molecular formula is C9H13Zr. The van der Waals surface area contributed by atoms with Crippen molar-refractivity contribution in [2.45, 2.75) is 32.1 Å². The van der Waals surface area contributed by atoms with Crippen molar-refractivity contribution in [3.05, 3.63) is 21.5 Å². The summed E-state index contributed by atoms with van der Waals surface area (Å²) < 4.78 is 1.56.